The molecule has 84 valence electrons. The van der Waals surface area contributed by atoms with Crippen LogP contribution in [0, 0.1) is 0 Å². The summed E-state index contributed by atoms with van der Waals surface area (Å²) in [6.07, 6.45) is 2.15. The van der Waals surface area contributed by atoms with Crippen molar-refractivity contribution in [2.24, 2.45) is 0 Å². The molecule has 0 unspecified atom stereocenters. The number of furan rings is 1. The van der Waals surface area contributed by atoms with Gasteiger partial charge >= 0.3 is 0 Å². The quantitative estimate of drug-likeness (QED) is 0.718. The van der Waals surface area contributed by atoms with Gasteiger partial charge in [-0.25, -0.2) is 0 Å². The van der Waals surface area contributed by atoms with E-state index in [1.807, 2.05) is 19.1 Å². The molecule has 1 amide bonds. The van der Waals surface area contributed by atoms with Crippen LogP contribution in [-0.4, -0.2) is 30.9 Å². The van der Waals surface area contributed by atoms with E-state index < -0.39 is 0 Å². The van der Waals surface area contributed by atoms with E-state index in [1.54, 1.807) is 18.2 Å². The van der Waals surface area contributed by atoms with Crippen molar-refractivity contribution in [1.82, 2.24) is 10.2 Å². The maximum absolute atomic E-state index is 11.6. The molecular formula is C11H18N2O2. The highest BCUT2D eigenvalue weighted by Gasteiger charge is 2.09. The molecule has 0 aromatic carbocycles. The maximum atomic E-state index is 11.6. The van der Waals surface area contributed by atoms with Gasteiger partial charge in [0.05, 0.1) is 12.8 Å². The molecule has 1 heterocycles. The van der Waals surface area contributed by atoms with Crippen LogP contribution in [0.1, 0.15) is 19.1 Å². The van der Waals surface area contributed by atoms with Crippen molar-refractivity contribution in [3.8, 4) is 0 Å². The summed E-state index contributed by atoms with van der Waals surface area (Å²) in [6, 6.07) is 3.69. The first kappa shape index (κ1) is 11.8. The average Bonchev–Trinajstić information content (AvgIpc) is 2.70. The molecule has 0 spiro atoms. The number of rotatable bonds is 6. The van der Waals surface area contributed by atoms with Crippen LogP contribution in [0.2, 0.25) is 0 Å². The Hall–Kier alpha value is -1.29. The van der Waals surface area contributed by atoms with Crippen LogP contribution in [0.5, 0.6) is 0 Å². The minimum Gasteiger partial charge on any atom is -0.467 e. The highest BCUT2D eigenvalue weighted by molar-refractivity contribution is 5.75. The Kier molecular flexibility index (Phi) is 4.90. The van der Waals surface area contributed by atoms with Gasteiger partial charge in [0.2, 0.25) is 5.91 Å². The Morgan fingerprint density at radius 2 is 2.40 bits per heavy atom. The van der Waals surface area contributed by atoms with Gasteiger partial charge in [-0.15, -0.1) is 0 Å². The van der Waals surface area contributed by atoms with E-state index in [2.05, 4.69) is 5.32 Å². The Labute approximate surface area is 90.3 Å². The lowest BCUT2D eigenvalue weighted by atomic mass is 10.3. The first-order valence-corrected chi connectivity index (χ1v) is 5.21. The fourth-order valence-corrected chi connectivity index (χ4v) is 1.29. The molecule has 0 radical (unpaired) electrons. The summed E-state index contributed by atoms with van der Waals surface area (Å²) in [5.74, 6) is 0.946. The third-order valence-electron chi connectivity index (χ3n) is 2.16. The lowest BCUT2D eigenvalue weighted by Crippen LogP contribution is -2.29. The molecule has 1 N–H and O–H groups in total. The molecule has 0 saturated carbocycles. The van der Waals surface area contributed by atoms with Crippen molar-refractivity contribution in [3.05, 3.63) is 24.2 Å². The topological polar surface area (TPSA) is 45.5 Å². The van der Waals surface area contributed by atoms with E-state index in [9.17, 15) is 4.79 Å². The molecule has 1 aromatic rings. The molecule has 1 aromatic heterocycles. The zero-order valence-electron chi connectivity index (χ0n) is 9.32. The monoisotopic (exact) mass is 210 g/mol. The van der Waals surface area contributed by atoms with Gasteiger partial charge in [0.25, 0.3) is 0 Å². The van der Waals surface area contributed by atoms with Gasteiger partial charge < -0.3 is 14.6 Å². The summed E-state index contributed by atoms with van der Waals surface area (Å²) in [5.41, 5.74) is 0. The standard InChI is InChI=1S/C11H18N2O2/c1-3-12-7-6-11(14)13(2)9-10-5-4-8-15-10/h4-5,8,12H,3,6-7,9H2,1-2H3. The number of nitrogens with zero attached hydrogens (tertiary/aromatic N) is 1. The van der Waals surface area contributed by atoms with Crippen molar-refractivity contribution in [2.45, 2.75) is 19.9 Å². The minimum absolute atomic E-state index is 0.132. The SMILES string of the molecule is CCNCCC(=O)N(C)Cc1ccco1. The van der Waals surface area contributed by atoms with Crippen molar-refractivity contribution in [3.63, 3.8) is 0 Å². The van der Waals surface area contributed by atoms with Crippen LogP contribution in [0.15, 0.2) is 22.8 Å². The number of nitrogens with one attached hydrogen (secondary N) is 1. The molecule has 1 rings (SSSR count). The summed E-state index contributed by atoms with van der Waals surface area (Å²) in [5, 5.41) is 3.12. The van der Waals surface area contributed by atoms with Crippen molar-refractivity contribution in [1.29, 1.82) is 0 Å². The highest BCUT2D eigenvalue weighted by Crippen LogP contribution is 2.04. The molecule has 0 aliphatic rings. The molecule has 0 bridgehead atoms. The van der Waals surface area contributed by atoms with E-state index in [1.165, 1.54) is 0 Å². The normalized spacial score (nSPS) is 10.3. The molecule has 4 nitrogen and oxygen atoms in total. The summed E-state index contributed by atoms with van der Waals surface area (Å²) in [4.78, 5) is 13.3. The van der Waals surface area contributed by atoms with Crippen LogP contribution in [0.25, 0.3) is 0 Å². The predicted molar refractivity (Wildman–Crippen MR) is 58.3 cm³/mol. The number of amides is 1. The first-order chi connectivity index (χ1) is 7.24. The van der Waals surface area contributed by atoms with Crippen molar-refractivity contribution < 1.29 is 9.21 Å². The second kappa shape index (κ2) is 6.24. The van der Waals surface area contributed by atoms with Crippen LogP contribution in [0.4, 0.5) is 0 Å². The maximum Gasteiger partial charge on any atom is 0.223 e. The fraction of sp³-hybridized carbons (Fsp3) is 0.545. The molecular weight excluding hydrogens is 192 g/mol. The number of carbonyl (C=O) groups excluding carboxylic acids is 1. The van der Waals surface area contributed by atoms with Gasteiger partial charge in [0.15, 0.2) is 0 Å². The van der Waals surface area contributed by atoms with Gasteiger partial charge in [-0.3, -0.25) is 4.79 Å². The second-order valence-electron chi connectivity index (χ2n) is 3.43. The average molecular weight is 210 g/mol. The van der Waals surface area contributed by atoms with Crippen LogP contribution in [-0.2, 0) is 11.3 Å². The van der Waals surface area contributed by atoms with E-state index in [0.717, 1.165) is 18.8 Å². The first-order valence-electron chi connectivity index (χ1n) is 5.21. The molecule has 0 saturated heterocycles. The Morgan fingerprint density at radius 1 is 1.60 bits per heavy atom. The van der Waals surface area contributed by atoms with Gasteiger partial charge in [-0.05, 0) is 18.7 Å². The zero-order valence-corrected chi connectivity index (χ0v) is 9.32. The van der Waals surface area contributed by atoms with Gasteiger partial charge in [0.1, 0.15) is 5.76 Å². The molecule has 0 atom stereocenters. The van der Waals surface area contributed by atoms with E-state index >= 15 is 0 Å². The lowest BCUT2D eigenvalue weighted by Gasteiger charge is -2.15. The van der Waals surface area contributed by atoms with E-state index in [0.29, 0.717) is 13.0 Å². The number of hydrogen-bond acceptors (Lipinski definition) is 3. The predicted octanol–water partition coefficient (Wildman–Crippen LogP) is 1.24. The molecule has 0 aliphatic heterocycles. The summed E-state index contributed by atoms with van der Waals surface area (Å²) < 4.78 is 5.17. The summed E-state index contributed by atoms with van der Waals surface area (Å²) >= 11 is 0. The van der Waals surface area contributed by atoms with Crippen LogP contribution < -0.4 is 5.32 Å². The Morgan fingerprint density at radius 3 is 3.00 bits per heavy atom. The van der Waals surface area contributed by atoms with Gasteiger partial charge in [-0.2, -0.15) is 0 Å². The highest BCUT2D eigenvalue weighted by atomic mass is 16.3. The smallest absolute Gasteiger partial charge is 0.223 e. The molecule has 15 heavy (non-hydrogen) atoms. The lowest BCUT2D eigenvalue weighted by molar-refractivity contribution is -0.130. The Bertz CT molecular complexity index is 283. The van der Waals surface area contributed by atoms with Crippen LogP contribution >= 0.6 is 0 Å². The van der Waals surface area contributed by atoms with E-state index in [-0.39, 0.29) is 5.91 Å². The van der Waals surface area contributed by atoms with Crippen molar-refractivity contribution in [2.75, 3.05) is 20.1 Å². The zero-order chi connectivity index (χ0) is 11.1. The fourth-order valence-electron chi connectivity index (χ4n) is 1.29. The van der Waals surface area contributed by atoms with Gasteiger partial charge in [-0.1, -0.05) is 6.92 Å². The molecule has 4 heteroatoms. The largest absolute Gasteiger partial charge is 0.467 e. The summed E-state index contributed by atoms with van der Waals surface area (Å²) in [6.45, 7) is 4.20. The molecule has 0 fully saturated rings. The number of hydrogen-bond donors (Lipinski definition) is 1. The molecule has 0 aliphatic carbocycles. The van der Waals surface area contributed by atoms with Gasteiger partial charge in [0, 0.05) is 20.0 Å². The minimum atomic E-state index is 0.132. The van der Waals surface area contributed by atoms with Crippen molar-refractivity contribution >= 4 is 5.91 Å². The second-order valence-corrected chi connectivity index (χ2v) is 3.43. The Balaban J connectivity index is 2.27. The third kappa shape index (κ3) is 4.16. The van der Waals surface area contributed by atoms with E-state index in [4.69, 9.17) is 4.42 Å². The summed E-state index contributed by atoms with van der Waals surface area (Å²) in [7, 11) is 1.79. The van der Waals surface area contributed by atoms with Crippen LogP contribution in [0.3, 0.4) is 0 Å². The number of carbonyl (C=O) groups is 1. The third-order valence-corrected chi connectivity index (χ3v) is 2.16.